The van der Waals surface area contributed by atoms with Gasteiger partial charge in [0.2, 0.25) is 0 Å². The van der Waals surface area contributed by atoms with E-state index in [1.54, 1.807) is 0 Å². The molecule has 0 saturated carbocycles. The summed E-state index contributed by atoms with van der Waals surface area (Å²) in [6.07, 6.45) is 1.40. The van der Waals surface area contributed by atoms with Crippen LogP contribution in [0, 0.1) is 0 Å². The minimum atomic E-state index is -1.25. The van der Waals surface area contributed by atoms with Crippen molar-refractivity contribution >= 4 is 41.2 Å². The van der Waals surface area contributed by atoms with Crippen molar-refractivity contribution in [1.82, 2.24) is 5.32 Å². The first-order chi connectivity index (χ1) is 12.1. The van der Waals surface area contributed by atoms with E-state index >= 15 is 0 Å². The van der Waals surface area contributed by atoms with Gasteiger partial charge in [0.15, 0.2) is 0 Å². The Morgan fingerprint density at radius 1 is 1.04 bits per heavy atom. The van der Waals surface area contributed by atoms with Crippen molar-refractivity contribution in [3.63, 3.8) is 0 Å². The molecule has 2 N–H and O–H groups in total. The van der Waals surface area contributed by atoms with Crippen LogP contribution in [-0.2, 0) is 10.2 Å². The molecule has 0 aliphatic carbocycles. The number of carboxylic acid groups (broad SMARTS) is 1. The number of hydrogen-bond acceptors (Lipinski definition) is 2. The highest BCUT2D eigenvalue weighted by molar-refractivity contribution is 6.36. The average molecular weight is 392 g/mol. The van der Waals surface area contributed by atoms with Gasteiger partial charge in [-0.25, -0.2) is 4.79 Å². The lowest BCUT2D eigenvalue weighted by atomic mass is 9.87. The molecule has 0 spiro atoms. The number of aliphatic carboxylic acids is 1. The van der Waals surface area contributed by atoms with Crippen LogP contribution in [0.15, 0.2) is 48.2 Å². The SMILES string of the molecule is CC(C)(C)c1ccc(/C=C(/NC(=O)c2ccc(Cl)cc2Cl)C(=O)O)cc1. The fourth-order valence-electron chi connectivity index (χ4n) is 2.26. The van der Waals surface area contributed by atoms with Gasteiger partial charge in [0.1, 0.15) is 5.70 Å². The minimum absolute atomic E-state index is 0.00256. The van der Waals surface area contributed by atoms with Crippen molar-refractivity contribution in [2.75, 3.05) is 0 Å². The normalized spacial score (nSPS) is 12.0. The predicted molar refractivity (Wildman–Crippen MR) is 105 cm³/mol. The number of nitrogens with one attached hydrogen (secondary N) is 1. The summed E-state index contributed by atoms with van der Waals surface area (Å²) in [7, 11) is 0. The van der Waals surface area contributed by atoms with Crippen molar-refractivity contribution in [3.05, 3.63) is 74.9 Å². The second kappa shape index (κ2) is 7.94. The summed E-state index contributed by atoms with van der Waals surface area (Å²) < 4.78 is 0. The van der Waals surface area contributed by atoms with Crippen LogP contribution in [0.1, 0.15) is 42.3 Å². The molecule has 0 aliphatic heterocycles. The van der Waals surface area contributed by atoms with E-state index in [2.05, 4.69) is 26.1 Å². The summed E-state index contributed by atoms with van der Waals surface area (Å²) in [5, 5.41) is 12.3. The molecular formula is C20H19Cl2NO3. The molecule has 0 atom stereocenters. The van der Waals surface area contributed by atoms with Crippen LogP contribution in [0.5, 0.6) is 0 Å². The molecule has 0 unspecified atom stereocenters. The first-order valence-electron chi connectivity index (χ1n) is 7.90. The minimum Gasteiger partial charge on any atom is -0.477 e. The van der Waals surface area contributed by atoms with Gasteiger partial charge in [0.25, 0.3) is 5.91 Å². The maximum atomic E-state index is 12.3. The second-order valence-corrected chi connectivity index (χ2v) is 7.66. The molecule has 0 saturated heterocycles. The molecule has 136 valence electrons. The van der Waals surface area contributed by atoms with Gasteiger partial charge in [0, 0.05) is 5.02 Å². The Labute approximate surface area is 162 Å². The first kappa shape index (κ1) is 20.0. The molecule has 0 bridgehead atoms. The van der Waals surface area contributed by atoms with Crippen molar-refractivity contribution in [3.8, 4) is 0 Å². The van der Waals surface area contributed by atoms with Gasteiger partial charge in [-0.15, -0.1) is 0 Å². The molecule has 1 amide bonds. The number of carbonyl (C=O) groups excluding carboxylic acids is 1. The Balaban J connectivity index is 2.27. The first-order valence-corrected chi connectivity index (χ1v) is 8.65. The highest BCUT2D eigenvalue weighted by atomic mass is 35.5. The highest BCUT2D eigenvalue weighted by Crippen LogP contribution is 2.23. The van der Waals surface area contributed by atoms with Gasteiger partial charge < -0.3 is 10.4 Å². The Bertz CT molecular complexity index is 866. The molecule has 4 nitrogen and oxygen atoms in total. The number of halogens is 2. The Kier molecular flexibility index (Phi) is 6.11. The number of hydrogen-bond donors (Lipinski definition) is 2. The summed E-state index contributed by atoms with van der Waals surface area (Å²) in [5.41, 5.74) is 1.69. The lowest BCUT2D eigenvalue weighted by molar-refractivity contribution is -0.132. The summed E-state index contributed by atoms with van der Waals surface area (Å²) >= 11 is 11.8. The third-order valence-corrected chi connectivity index (χ3v) is 4.29. The molecule has 26 heavy (non-hydrogen) atoms. The summed E-state index contributed by atoms with van der Waals surface area (Å²) in [6, 6.07) is 11.9. The molecule has 0 aliphatic rings. The topological polar surface area (TPSA) is 66.4 Å². The summed E-state index contributed by atoms with van der Waals surface area (Å²) in [6.45, 7) is 6.28. The van der Waals surface area contributed by atoms with E-state index in [1.807, 2.05) is 24.3 Å². The standard InChI is InChI=1S/C20H19Cl2NO3/c1-20(2,3)13-6-4-12(5-7-13)10-17(19(25)26)23-18(24)15-9-8-14(21)11-16(15)22/h4-11H,1-3H3,(H,23,24)(H,25,26)/b17-10+. The Morgan fingerprint density at radius 3 is 2.15 bits per heavy atom. The van der Waals surface area contributed by atoms with Crippen LogP contribution in [-0.4, -0.2) is 17.0 Å². The fraction of sp³-hybridized carbons (Fsp3) is 0.200. The smallest absolute Gasteiger partial charge is 0.352 e. The van der Waals surface area contributed by atoms with Gasteiger partial charge in [-0.05, 0) is 40.8 Å². The van der Waals surface area contributed by atoms with Crippen LogP contribution in [0.4, 0.5) is 0 Å². The zero-order valence-electron chi connectivity index (χ0n) is 14.6. The molecular weight excluding hydrogens is 373 g/mol. The Hall–Kier alpha value is -2.30. The average Bonchev–Trinajstić information content (AvgIpc) is 2.53. The van der Waals surface area contributed by atoms with Gasteiger partial charge >= 0.3 is 5.97 Å². The van der Waals surface area contributed by atoms with E-state index in [4.69, 9.17) is 23.2 Å². The lowest BCUT2D eigenvalue weighted by Crippen LogP contribution is -2.27. The van der Waals surface area contributed by atoms with Crippen molar-refractivity contribution in [2.45, 2.75) is 26.2 Å². The molecule has 2 aromatic carbocycles. The predicted octanol–water partition coefficient (Wildman–Crippen LogP) is 5.15. The fourth-order valence-corrected chi connectivity index (χ4v) is 2.75. The largest absolute Gasteiger partial charge is 0.477 e. The van der Waals surface area contributed by atoms with Crippen molar-refractivity contribution in [2.24, 2.45) is 0 Å². The van der Waals surface area contributed by atoms with Crippen LogP contribution >= 0.6 is 23.2 Å². The maximum Gasteiger partial charge on any atom is 0.352 e. The number of amides is 1. The van der Waals surface area contributed by atoms with Crippen LogP contribution in [0.2, 0.25) is 10.0 Å². The van der Waals surface area contributed by atoms with E-state index in [1.165, 1.54) is 24.3 Å². The van der Waals surface area contributed by atoms with E-state index in [0.29, 0.717) is 10.6 Å². The molecule has 0 fully saturated rings. The van der Waals surface area contributed by atoms with Crippen LogP contribution in [0.3, 0.4) is 0 Å². The molecule has 0 heterocycles. The van der Waals surface area contributed by atoms with E-state index in [0.717, 1.165) is 5.56 Å². The van der Waals surface area contributed by atoms with Crippen molar-refractivity contribution < 1.29 is 14.7 Å². The summed E-state index contributed by atoms with van der Waals surface area (Å²) in [4.78, 5) is 23.8. The zero-order chi connectivity index (χ0) is 19.5. The molecule has 2 aromatic rings. The number of carbonyl (C=O) groups is 2. The van der Waals surface area contributed by atoms with E-state index < -0.39 is 11.9 Å². The van der Waals surface area contributed by atoms with Gasteiger partial charge in [-0.1, -0.05) is 68.2 Å². The third-order valence-electron chi connectivity index (χ3n) is 3.74. The molecule has 0 radical (unpaired) electrons. The van der Waals surface area contributed by atoms with Gasteiger partial charge in [-0.2, -0.15) is 0 Å². The maximum absolute atomic E-state index is 12.3. The second-order valence-electron chi connectivity index (χ2n) is 6.81. The summed E-state index contributed by atoms with van der Waals surface area (Å²) in [5.74, 6) is -1.87. The third kappa shape index (κ3) is 5.10. The zero-order valence-corrected chi connectivity index (χ0v) is 16.2. The Morgan fingerprint density at radius 2 is 1.65 bits per heavy atom. The highest BCUT2D eigenvalue weighted by Gasteiger charge is 2.17. The quantitative estimate of drug-likeness (QED) is 0.708. The molecule has 2 rings (SSSR count). The van der Waals surface area contributed by atoms with E-state index in [9.17, 15) is 14.7 Å². The molecule has 6 heteroatoms. The number of benzene rings is 2. The van der Waals surface area contributed by atoms with Crippen molar-refractivity contribution in [1.29, 1.82) is 0 Å². The monoisotopic (exact) mass is 391 g/mol. The van der Waals surface area contributed by atoms with Gasteiger partial charge in [0.05, 0.1) is 10.6 Å². The number of carboxylic acids is 1. The lowest BCUT2D eigenvalue weighted by Gasteiger charge is -2.18. The van der Waals surface area contributed by atoms with Crippen LogP contribution in [0.25, 0.3) is 6.08 Å². The van der Waals surface area contributed by atoms with Crippen LogP contribution < -0.4 is 5.32 Å². The van der Waals surface area contributed by atoms with E-state index in [-0.39, 0.29) is 21.7 Å². The molecule has 0 aromatic heterocycles. The van der Waals surface area contributed by atoms with Gasteiger partial charge in [-0.3, -0.25) is 4.79 Å². The number of rotatable bonds is 4.